The largest absolute Gasteiger partial charge is 0.393 e. The van der Waals surface area contributed by atoms with E-state index in [0.29, 0.717) is 23.5 Å². The molecule has 1 N–H and O–H groups in total. The molecule has 148 valence electrons. The molecule has 0 spiro atoms. The van der Waals surface area contributed by atoms with Crippen LogP contribution in [0.25, 0.3) is 0 Å². The zero-order chi connectivity index (χ0) is 18.8. The normalized spacial score (nSPS) is 48.3. The van der Waals surface area contributed by atoms with Crippen molar-refractivity contribution in [3.05, 3.63) is 23.4 Å². The number of likely N-dealkylation sites (tertiary alicyclic amines) is 1. The maximum Gasteiger partial charge on any atom is 0.166 e. The molecule has 1 aliphatic heterocycles. The SMILES string of the molecule is CC12CCC3C(CC=C4CC(O)CCC43C)C1CC(=CN1CCCC1)C2=O. The van der Waals surface area contributed by atoms with Gasteiger partial charge >= 0.3 is 0 Å². The van der Waals surface area contributed by atoms with E-state index in [4.69, 9.17) is 0 Å². The predicted octanol–water partition coefficient (Wildman–Crippen LogP) is 4.47. The van der Waals surface area contributed by atoms with Crippen LogP contribution < -0.4 is 0 Å². The molecule has 5 aliphatic rings. The monoisotopic (exact) mass is 369 g/mol. The molecule has 0 aromatic carbocycles. The fraction of sp³-hybridized carbons (Fsp3) is 0.792. The summed E-state index contributed by atoms with van der Waals surface area (Å²) in [6, 6.07) is 0. The lowest BCUT2D eigenvalue weighted by molar-refractivity contribution is -0.130. The topological polar surface area (TPSA) is 40.5 Å². The standard InChI is InChI=1S/C24H35NO2/c1-23-9-7-18(26)14-17(23)5-6-19-20(23)8-10-24(2)21(19)13-16(22(24)27)15-25-11-3-4-12-25/h5,15,18-21,26H,3-4,6-14H2,1-2H3. The predicted molar refractivity (Wildman–Crippen MR) is 107 cm³/mol. The van der Waals surface area contributed by atoms with Crippen LogP contribution in [0.1, 0.15) is 71.6 Å². The number of aliphatic hydroxyl groups excluding tert-OH is 1. The minimum absolute atomic E-state index is 0.136. The average molecular weight is 370 g/mol. The maximum absolute atomic E-state index is 13.4. The van der Waals surface area contributed by atoms with E-state index >= 15 is 0 Å². The summed E-state index contributed by atoms with van der Waals surface area (Å²) in [6.45, 7) is 6.97. The van der Waals surface area contributed by atoms with E-state index in [1.807, 2.05) is 0 Å². The van der Waals surface area contributed by atoms with Crippen molar-refractivity contribution in [2.75, 3.05) is 13.1 Å². The number of hydrogen-bond donors (Lipinski definition) is 1. The van der Waals surface area contributed by atoms with Crippen LogP contribution in [0.2, 0.25) is 0 Å². The summed E-state index contributed by atoms with van der Waals surface area (Å²) < 4.78 is 0. The molecule has 0 amide bonds. The lowest BCUT2D eigenvalue weighted by Gasteiger charge is -2.56. The number of hydrogen-bond acceptors (Lipinski definition) is 3. The summed E-state index contributed by atoms with van der Waals surface area (Å²) in [5, 5.41) is 10.2. The molecule has 4 fully saturated rings. The van der Waals surface area contributed by atoms with Crippen LogP contribution in [-0.4, -0.2) is 35.0 Å². The van der Waals surface area contributed by atoms with E-state index in [-0.39, 0.29) is 16.9 Å². The average Bonchev–Trinajstić information content (AvgIpc) is 3.24. The molecule has 0 radical (unpaired) electrons. The van der Waals surface area contributed by atoms with Gasteiger partial charge in [-0.05, 0) is 81.0 Å². The number of ketones is 1. The Morgan fingerprint density at radius 1 is 1.07 bits per heavy atom. The summed E-state index contributed by atoms with van der Waals surface area (Å²) in [7, 11) is 0. The van der Waals surface area contributed by atoms with Crippen molar-refractivity contribution in [3.8, 4) is 0 Å². The summed E-state index contributed by atoms with van der Waals surface area (Å²) >= 11 is 0. The zero-order valence-corrected chi connectivity index (χ0v) is 17.0. The van der Waals surface area contributed by atoms with Crippen molar-refractivity contribution in [2.45, 2.75) is 77.7 Å². The van der Waals surface area contributed by atoms with Gasteiger partial charge in [-0.25, -0.2) is 0 Å². The molecular formula is C24H35NO2. The molecular weight excluding hydrogens is 334 g/mol. The lowest BCUT2D eigenvalue weighted by Crippen LogP contribution is -2.50. The summed E-state index contributed by atoms with van der Waals surface area (Å²) in [5.74, 6) is 2.30. The van der Waals surface area contributed by atoms with Crippen molar-refractivity contribution in [3.63, 3.8) is 0 Å². The van der Waals surface area contributed by atoms with Gasteiger partial charge in [0.15, 0.2) is 5.78 Å². The van der Waals surface area contributed by atoms with E-state index in [2.05, 4.69) is 31.0 Å². The highest BCUT2D eigenvalue weighted by atomic mass is 16.3. The van der Waals surface area contributed by atoms with Gasteiger partial charge in [-0.15, -0.1) is 0 Å². The third kappa shape index (κ3) is 2.60. The van der Waals surface area contributed by atoms with E-state index in [1.165, 1.54) is 24.8 Å². The number of carbonyl (C=O) groups excluding carboxylic acids is 1. The Bertz CT molecular complexity index is 703. The third-order valence-electron chi connectivity index (χ3n) is 9.20. The van der Waals surface area contributed by atoms with Crippen molar-refractivity contribution in [1.82, 2.24) is 4.90 Å². The fourth-order valence-corrected chi connectivity index (χ4v) is 7.52. The molecule has 1 saturated heterocycles. The highest BCUT2D eigenvalue weighted by molar-refractivity contribution is 6.02. The second kappa shape index (κ2) is 6.20. The van der Waals surface area contributed by atoms with Crippen LogP contribution >= 0.6 is 0 Å². The zero-order valence-electron chi connectivity index (χ0n) is 17.0. The first-order chi connectivity index (χ1) is 12.9. The molecule has 4 aliphatic carbocycles. The smallest absolute Gasteiger partial charge is 0.166 e. The molecule has 3 saturated carbocycles. The minimum Gasteiger partial charge on any atom is -0.393 e. The molecule has 6 unspecified atom stereocenters. The number of Topliss-reactive ketones (excluding diaryl/α,β-unsaturated/α-hetero) is 1. The number of nitrogens with zero attached hydrogens (tertiary/aromatic N) is 1. The quantitative estimate of drug-likeness (QED) is 0.548. The van der Waals surface area contributed by atoms with Gasteiger partial charge < -0.3 is 10.0 Å². The molecule has 1 heterocycles. The van der Waals surface area contributed by atoms with E-state index in [0.717, 1.165) is 57.2 Å². The molecule has 3 nitrogen and oxygen atoms in total. The molecule has 0 aromatic rings. The van der Waals surface area contributed by atoms with E-state index in [1.54, 1.807) is 0 Å². The second-order valence-electron chi connectivity index (χ2n) is 10.5. The maximum atomic E-state index is 13.4. The van der Waals surface area contributed by atoms with E-state index < -0.39 is 0 Å². The summed E-state index contributed by atoms with van der Waals surface area (Å²) in [6.07, 6.45) is 14.4. The van der Waals surface area contributed by atoms with Gasteiger partial charge in [-0.2, -0.15) is 0 Å². The van der Waals surface area contributed by atoms with Gasteiger partial charge in [0.25, 0.3) is 0 Å². The number of fused-ring (bicyclic) bond motifs is 5. The van der Waals surface area contributed by atoms with Crippen LogP contribution in [0, 0.1) is 28.6 Å². The van der Waals surface area contributed by atoms with Gasteiger partial charge in [0.2, 0.25) is 0 Å². The van der Waals surface area contributed by atoms with Crippen molar-refractivity contribution < 1.29 is 9.90 Å². The van der Waals surface area contributed by atoms with Crippen LogP contribution in [0.3, 0.4) is 0 Å². The van der Waals surface area contributed by atoms with Crippen LogP contribution in [0.4, 0.5) is 0 Å². The van der Waals surface area contributed by atoms with Crippen molar-refractivity contribution in [2.24, 2.45) is 28.6 Å². The Morgan fingerprint density at radius 3 is 2.59 bits per heavy atom. The van der Waals surface area contributed by atoms with Crippen LogP contribution in [-0.2, 0) is 4.79 Å². The third-order valence-corrected chi connectivity index (χ3v) is 9.20. The molecule has 3 heteroatoms. The summed E-state index contributed by atoms with van der Waals surface area (Å²) in [5.41, 5.74) is 2.75. The number of carbonyl (C=O) groups is 1. The second-order valence-corrected chi connectivity index (χ2v) is 10.5. The van der Waals surface area contributed by atoms with Gasteiger partial charge in [-0.1, -0.05) is 25.5 Å². The number of aliphatic hydroxyl groups is 1. The van der Waals surface area contributed by atoms with Crippen molar-refractivity contribution >= 4 is 5.78 Å². The van der Waals surface area contributed by atoms with Crippen molar-refractivity contribution in [1.29, 1.82) is 0 Å². The Hall–Kier alpha value is -1.09. The Morgan fingerprint density at radius 2 is 1.81 bits per heavy atom. The first kappa shape index (κ1) is 18.0. The fourth-order valence-electron chi connectivity index (χ4n) is 7.52. The Balaban J connectivity index is 1.45. The first-order valence-electron chi connectivity index (χ1n) is 11.3. The molecule has 0 aromatic heterocycles. The van der Waals surface area contributed by atoms with Gasteiger partial charge in [0.05, 0.1) is 6.10 Å². The highest BCUT2D eigenvalue weighted by Crippen LogP contribution is 2.64. The van der Waals surface area contributed by atoms with Gasteiger partial charge in [-0.3, -0.25) is 4.79 Å². The Labute approximate surface area is 163 Å². The highest BCUT2D eigenvalue weighted by Gasteiger charge is 2.59. The first-order valence-corrected chi connectivity index (χ1v) is 11.3. The minimum atomic E-state index is -0.141. The Kier molecular flexibility index (Phi) is 4.13. The molecule has 6 atom stereocenters. The van der Waals surface area contributed by atoms with Crippen LogP contribution in [0.5, 0.6) is 0 Å². The summed E-state index contributed by atoms with van der Waals surface area (Å²) in [4.78, 5) is 15.8. The molecule has 5 rings (SSSR count). The molecule has 0 bridgehead atoms. The van der Waals surface area contributed by atoms with E-state index in [9.17, 15) is 9.90 Å². The van der Waals surface area contributed by atoms with Gasteiger partial charge in [0, 0.05) is 30.3 Å². The number of allylic oxidation sites excluding steroid dienone is 2. The number of rotatable bonds is 1. The van der Waals surface area contributed by atoms with Crippen LogP contribution in [0.15, 0.2) is 23.4 Å². The lowest BCUT2D eigenvalue weighted by atomic mass is 9.48. The van der Waals surface area contributed by atoms with Gasteiger partial charge in [0.1, 0.15) is 0 Å². The molecule has 27 heavy (non-hydrogen) atoms.